The van der Waals surface area contributed by atoms with Gasteiger partial charge in [-0.2, -0.15) is 0 Å². The molecule has 1 rings (SSSR count). The van der Waals surface area contributed by atoms with Crippen LogP contribution < -0.4 is 0 Å². The van der Waals surface area contributed by atoms with Crippen LogP contribution >= 0.6 is 9.24 Å². The first-order chi connectivity index (χ1) is 6.88. The summed E-state index contributed by atoms with van der Waals surface area (Å²) in [6, 6.07) is 8.02. The summed E-state index contributed by atoms with van der Waals surface area (Å²) in [7, 11) is 2.42. The Morgan fingerprint density at radius 1 is 0.929 bits per heavy atom. The van der Waals surface area contributed by atoms with Crippen LogP contribution in [0.15, 0.2) is 37.4 Å². The van der Waals surface area contributed by atoms with E-state index in [0.29, 0.717) is 0 Å². The molecule has 78 valence electrons. The van der Waals surface area contributed by atoms with Crippen LogP contribution in [0.2, 0.25) is 0 Å². The molecule has 1 atom stereocenters. The topological polar surface area (TPSA) is 0 Å². The molecule has 14 heavy (non-hydrogen) atoms. The molecule has 0 aliphatic rings. The lowest BCUT2D eigenvalue weighted by Crippen LogP contribution is -1.76. The Morgan fingerprint density at radius 2 is 1.21 bits per heavy atom. The standard InChI is InChI=1S/C10H10.C2H6.CH5P/c1-3-9-7-5-6-8-10(9)4-2;2*1-2/h3-8H,1-2H2;1-2H3;2H2,1H3. The third-order valence-corrected chi connectivity index (χ3v) is 1.44. The Hall–Kier alpha value is -0.870. The summed E-state index contributed by atoms with van der Waals surface area (Å²) in [5.74, 6) is 0. The molecule has 0 radical (unpaired) electrons. The van der Waals surface area contributed by atoms with E-state index >= 15 is 0 Å². The van der Waals surface area contributed by atoms with E-state index in [1.54, 1.807) is 0 Å². The quantitative estimate of drug-likeness (QED) is 0.628. The van der Waals surface area contributed by atoms with Gasteiger partial charge in [-0.1, -0.05) is 70.1 Å². The van der Waals surface area contributed by atoms with Crippen molar-refractivity contribution >= 4 is 21.4 Å². The monoisotopic (exact) mass is 208 g/mol. The Morgan fingerprint density at radius 3 is 1.43 bits per heavy atom. The van der Waals surface area contributed by atoms with Crippen LogP contribution in [0.5, 0.6) is 0 Å². The fourth-order valence-corrected chi connectivity index (χ4v) is 0.883. The molecule has 0 spiro atoms. The molecule has 0 amide bonds. The lowest BCUT2D eigenvalue weighted by atomic mass is 10.1. The SMILES string of the molecule is C=Cc1ccccc1C=C.CC.CP. The first-order valence-electron chi connectivity index (χ1n) is 4.80. The maximum Gasteiger partial charge on any atom is -0.0190 e. The normalized spacial score (nSPS) is 7.14. The summed E-state index contributed by atoms with van der Waals surface area (Å²) in [6.07, 6.45) is 3.66. The average molecular weight is 208 g/mol. The number of rotatable bonds is 2. The van der Waals surface area contributed by atoms with Crippen LogP contribution in [-0.2, 0) is 0 Å². The molecule has 1 unspecified atom stereocenters. The Balaban J connectivity index is 0. The van der Waals surface area contributed by atoms with Crippen LogP contribution in [0.3, 0.4) is 0 Å². The molecule has 0 aliphatic heterocycles. The highest BCUT2D eigenvalue weighted by molar-refractivity contribution is 7.15. The molecule has 0 bridgehead atoms. The van der Waals surface area contributed by atoms with Crippen molar-refractivity contribution in [3.8, 4) is 0 Å². The Labute approximate surface area is 90.9 Å². The van der Waals surface area contributed by atoms with Crippen LogP contribution in [0, 0.1) is 0 Å². The Kier molecular flexibility index (Phi) is 13.5. The van der Waals surface area contributed by atoms with Crippen molar-refractivity contribution in [1.82, 2.24) is 0 Å². The van der Waals surface area contributed by atoms with E-state index in [0.717, 1.165) is 11.1 Å². The van der Waals surface area contributed by atoms with Gasteiger partial charge in [0, 0.05) is 0 Å². The molecule has 0 N–H and O–H groups in total. The lowest BCUT2D eigenvalue weighted by molar-refractivity contribution is 1.50. The van der Waals surface area contributed by atoms with E-state index in [2.05, 4.69) is 22.4 Å². The number of benzene rings is 1. The molecular formula is C13H21P. The fraction of sp³-hybridized carbons (Fsp3) is 0.231. The first-order valence-corrected chi connectivity index (χ1v) is 5.95. The van der Waals surface area contributed by atoms with Crippen molar-refractivity contribution in [2.45, 2.75) is 13.8 Å². The van der Waals surface area contributed by atoms with Gasteiger partial charge in [0.05, 0.1) is 0 Å². The minimum Gasteiger partial charge on any atom is -0.141 e. The van der Waals surface area contributed by atoms with Crippen LogP contribution in [0.25, 0.3) is 12.2 Å². The molecular weight excluding hydrogens is 187 g/mol. The highest BCUT2D eigenvalue weighted by Crippen LogP contribution is 2.10. The van der Waals surface area contributed by atoms with Gasteiger partial charge in [-0.3, -0.25) is 0 Å². The van der Waals surface area contributed by atoms with Crippen LogP contribution in [-0.4, -0.2) is 6.66 Å². The van der Waals surface area contributed by atoms with Gasteiger partial charge in [-0.05, 0) is 11.1 Å². The zero-order chi connectivity index (χ0) is 11.4. The molecule has 0 aromatic heterocycles. The fourth-order valence-electron chi connectivity index (χ4n) is 0.883. The van der Waals surface area contributed by atoms with Gasteiger partial charge in [0.2, 0.25) is 0 Å². The summed E-state index contributed by atoms with van der Waals surface area (Å²) in [5, 5.41) is 0. The van der Waals surface area contributed by atoms with Gasteiger partial charge in [-0.25, -0.2) is 0 Å². The number of hydrogen-bond acceptors (Lipinski definition) is 0. The highest BCUT2D eigenvalue weighted by Gasteiger charge is 1.89. The molecule has 0 heterocycles. The van der Waals surface area contributed by atoms with Crippen LogP contribution in [0.4, 0.5) is 0 Å². The average Bonchev–Trinajstić information content (AvgIpc) is 2.34. The summed E-state index contributed by atoms with van der Waals surface area (Å²) >= 11 is 0. The molecule has 0 nitrogen and oxygen atoms in total. The smallest absolute Gasteiger partial charge is 0.0190 e. The predicted molar refractivity (Wildman–Crippen MR) is 73.6 cm³/mol. The molecule has 1 aromatic carbocycles. The lowest BCUT2D eigenvalue weighted by Gasteiger charge is -1.96. The van der Waals surface area contributed by atoms with Gasteiger partial charge < -0.3 is 0 Å². The minimum absolute atomic E-state index is 1.14. The van der Waals surface area contributed by atoms with E-state index in [1.807, 2.05) is 56.9 Å². The predicted octanol–water partition coefficient (Wildman–Crippen LogP) is 4.49. The third kappa shape index (κ3) is 5.72. The second-order valence-electron chi connectivity index (χ2n) is 2.04. The zero-order valence-electron chi connectivity index (χ0n) is 9.46. The summed E-state index contributed by atoms with van der Waals surface area (Å²) in [4.78, 5) is 0. The summed E-state index contributed by atoms with van der Waals surface area (Å²) in [6.45, 7) is 13.3. The molecule has 0 saturated carbocycles. The molecule has 1 heteroatoms. The summed E-state index contributed by atoms with van der Waals surface area (Å²) in [5.41, 5.74) is 2.27. The van der Waals surface area contributed by atoms with E-state index in [4.69, 9.17) is 0 Å². The second-order valence-corrected chi connectivity index (χ2v) is 2.04. The van der Waals surface area contributed by atoms with Crippen molar-refractivity contribution in [3.05, 3.63) is 48.6 Å². The molecule has 0 aliphatic carbocycles. The van der Waals surface area contributed by atoms with E-state index in [1.165, 1.54) is 0 Å². The maximum absolute atomic E-state index is 3.69. The Bertz CT molecular complexity index is 224. The highest BCUT2D eigenvalue weighted by atomic mass is 31.0. The second kappa shape index (κ2) is 12.1. The third-order valence-electron chi connectivity index (χ3n) is 1.44. The van der Waals surface area contributed by atoms with Crippen LogP contribution in [0.1, 0.15) is 25.0 Å². The van der Waals surface area contributed by atoms with Crippen molar-refractivity contribution in [2.75, 3.05) is 6.66 Å². The first kappa shape index (κ1) is 15.6. The van der Waals surface area contributed by atoms with Gasteiger partial charge in [0.1, 0.15) is 0 Å². The van der Waals surface area contributed by atoms with Crippen molar-refractivity contribution in [3.63, 3.8) is 0 Å². The van der Waals surface area contributed by atoms with Gasteiger partial charge in [-0.15, -0.1) is 9.24 Å². The van der Waals surface area contributed by atoms with Crippen molar-refractivity contribution < 1.29 is 0 Å². The molecule has 0 fully saturated rings. The van der Waals surface area contributed by atoms with Gasteiger partial charge in [0.25, 0.3) is 0 Å². The van der Waals surface area contributed by atoms with Gasteiger partial charge in [0.15, 0.2) is 0 Å². The summed E-state index contributed by atoms with van der Waals surface area (Å²) < 4.78 is 0. The zero-order valence-corrected chi connectivity index (χ0v) is 10.6. The minimum atomic E-state index is 1.14. The van der Waals surface area contributed by atoms with E-state index in [9.17, 15) is 0 Å². The maximum atomic E-state index is 3.69. The molecule has 1 aromatic rings. The largest absolute Gasteiger partial charge is 0.141 e. The van der Waals surface area contributed by atoms with Crippen molar-refractivity contribution in [1.29, 1.82) is 0 Å². The van der Waals surface area contributed by atoms with Gasteiger partial charge >= 0.3 is 0 Å². The van der Waals surface area contributed by atoms with Crippen molar-refractivity contribution in [2.24, 2.45) is 0 Å². The molecule has 0 saturated heterocycles. The van der Waals surface area contributed by atoms with E-state index in [-0.39, 0.29) is 0 Å². The van der Waals surface area contributed by atoms with E-state index < -0.39 is 0 Å². The number of hydrogen-bond donors (Lipinski definition) is 0.